The number of ether oxygens (including phenoxy) is 3. The molecule has 1 aliphatic heterocycles. The molecule has 0 radical (unpaired) electrons. The number of nitrogens with one attached hydrogen (secondary N) is 2. The number of anilines is 1. The number of amidine groups is 1. The van der Waals surface area contributed by atoms with E-state index < -0.39 is 29.9 Å². The number of nitrogens with two attached hydrogens (primary N) is 1. The summed E-state index contributed by atoms with van der Waals surface area (Å²) >= 11 is 0. The van der Waals surface area contributed by atoms with Crippen molar-refractivity contribution in [2.45, 2.75) is 6.36 Å². The Morgan fingerprint density at radius 1 is 1.11 bits per heavy atom. The van der Waals surface area contributed by atoms with Gasteiger partial charge in [-0.25, -0.2) is 0 Å². The van der Waals surface area contributed by atoms with E-state index in [2.05, 4.69) is 15.0 Å². The van der Waals surface area contributed by atoms with E-state index in [1.54, 1.807) is 35.2 Å². The van der Waals surface area contributed by atoms with Crippen molar-refractivity contribution >= 4 is 29.4 Å². The number of morpholine rings is 1. The summed E-state index contributed by atoms with van der Waals surface area (Å²) in [6, 6.07) is 10.5. The second-order valence-corrected chi connectivity index (χ2v) is 7.25. The van der Waals surface area contributed by atoms with E-state index in [1.807, 2.05) is 0 Å². The van der Waals surface area contributed by atoms with Crippen LogP contribution in [0.3, 0.4) is 0 Å². The zero-order chi connectivity index (χ0) is 25.4. The number of carbonyl (C=O) groups is 2. The van der Waals surface area contributed by atoms with E-state index in [4.69, 9.17) is 20.6 Å². The molecule has 1 aliphatic rings. The molecule has 0 aliphatic carbocycles. The van der Waals surface area contributed by atoms with E-state index in [1.165, 1.54) is 0 Å². The number of hydrogen-bond donors (Lipinski definition) is 3. The van der Waals surface area contributed by atoms with Crippen LogP contribution in [0.1, 0.15) is 15.9 Å². The molecule has 1 heterocycles. The molecule has 0 bridgehead atoms. The number of halogens is 3. The molecule has 13 heteroatoms. The van der Waals surface area contributed by atoms with Gasteiger partial charge in [0.1, 0.15) is 0 Å². The van der Waals surface area contributed by atoms with Crippen molar-refractivity contribution in [2.75, 3.05) is 38.2 Å². The SMILES string of the molecule is N=C(OC(N)=NC(=O)c1ccc(OC(F)(F)F)c(NC(=O)CN2CCOCC2)c1)c1ccccc1. The first-order valence-electron chi connectivity index (χ1n) is 10.3. The van der Waals surface area contributed by atoms with Gasteiger partial charge in [0.2, 0.25) is 11.8 Å². The molecule has 2 aromatic carbocycles. The van der Waals surface area contributed by atoms with Crippen LogP contribution in [0.4, 0.5) is 18.9 Å². The molecule has 0 saturated carbocycles. The van der Waals surface area contributed by atoms with Gasteiger partial charge < -0.3 is 25.3 Å². The summed E-state index contributed by atoms with van der Waals surface area (Å²) in [4.78, 5) is 30.2. The topological polar surface area (TPSA) is 139 Å². The largest absolute Gasteiger partial charge is 0.573 e. The smallest absolute Gasteiger partial charge is 0.407 e. The van der Waals surface area contributed by atoms with Gasteiger partial charge in [-0.3, -0.25) is 19.9 Å². The first kappa shape index (κ1) is 25.6. The number of amides is 2. The lowest BCUT2D eigenvalue weighted by molar-refractivity contribution is -0.274. The van der Waals surface area contributed by atoms with Gasteiger partial charge >= 0.3 is 6.36 Å². The van der Waals surface area contributed by atoms with Crippen molar-refractivity contribution in [3.8, 4) is 5.75 Å². The lowest BCUT2D eigenvalue weighted by Crippen LogP contribution is -2.41. The molecule has 0 atom stereocenters. The van der Waals surface area contributed by atoms with Gasteiger partial charge in [0.05, 0.1) is 25.4 Å². The maximum atomic E-state index is 12.8. The number of carbonyl (C=O) groups excluding carboxylic acids is 2. The Balaban J connectivity index is 1.75. The molecular weight excluding hydrogens is 471 g/mol. The van der Waals surface area contributed by atoms with E-state index in [0.717, 1.165) is 18.2 Å². The van der Waals surface area contributed by atoms with Gasteiger partial charge in [-0.1, -0.05) is 18.2 Å². The van der Waals surface area contributed by atoms with Crippen LogP contribution in [0, 0.1) is 5.41 Å². The number of benzene rings is 2. The Kier molecular flexibility index (Phi) is 8.39. The molecule has 0 spiro atoms. The van der Waals surface area contributed by atoms with Crippen molar-refractivity contribution < 1.29 is 37.0 Å². The van der Waals surface area contributed by atoms with Crippen molar-refractivity contribution in [1.82, 2.24) is 4.90 Å². The summed E-state index contributed by atoms with van der Waals surface area (Å²) in [5.41, 5.74) is 5.41. The van der Waals surface area contributed by atoms with Crippen molar-refractivity contribution in [3.63, 3.8) is 0 Å². The Bertz CT molecular complexity index is 1100. The monoisotopic (exact) mass is 493 g/mol. The van der Waals surface area contributed by atoms with Crippen LogP contribution >= 0.6 is 0 Å². The minimum Gasteiger partial charge on any atom is -0.407 e. The summed E-state index contributed by atoms with van der Waals surface area (Å²) in [6.07, 6.45) is -5.02. The number of alkyl halides is 3. The second-order valence-electron chi connectivity index (χ2n) is 7.25. The maximum Gasteiger partial charge on any atom is 0.573 e. The standard InChI is InChI=1S/C22H22F3N5O5/c23-22(24,25)35-17-7-6-15(12-16(17)28-18(31)13-30-8-10-33-11-9-30)20(32)29-21(27)34-19(26)14-4-2-1-3-5-14/h1-7,12,26H,8-11,13H2,(H,28,31)(H2,27,29,32). The average Bonchev–Trinajstić information content (AvgIpc) is 2.80. The molecule has 2 aromatic rings. The quantitative estimate of drug-likeness (QED) is 0.415. The highest BCUT2D eigenvalue weighted by Crippen LogP contribution is 2.31. The lowest BCUT2D eigenvalue weighted by atomic mass is 10.1. The summed E-state index contributed by atoms with van der Waals surface area (Å²) in [7, 11) is 0. The highest BCUT2D eigenvalue weighted by atomic mass is 19.4. The van der Waals surface area contributed by atoms with Crippen LogP contribution in [0.2, 0.25) is 0 Å². The predicted octanol–water partition coefficient (Wildman–Crippen LogP) is 2.35. The third-order valence-corrected chi connectivity index (χ3v) is 4.65. The number of rotatable bonds is 6. The van der Waals surface area contributed by atoms with Crippen molar-refractivity contribution in [3.05, 3.63) is 59.7 Å². The van der Waals surface area contributed by atoms with Crippen LogP contribution in [0.5, 0.6) is 5.75 Å². The second kappa shape index (κ2) is 11.4. The third kappa shape index (κ3) is 8.08. The zero-order valence-corrected chi connectivity index (χ0v) is 18.3. The van der Waals surface area contributed by atoms with Gasteiger partial charge in [0.25, 0.3) is 11.9 Å². The third-order valence-electron chi connectivity index (χ3n) is 4.65. The Hall–Kier alpha value is -3.97. The summed E-state index contributed by atoms with van der Waals surface area (Å²) in [5, 5.41) is 10.2. The normalized spacial score (nSPS) is 14.8. The summed E-state index contributed by atoms with van der Waals surface area (Å²) in [6.45, 7) is 1.76. The molecule has 0 unspecified atom stereocenters. The predicted molar refractivity (Wildman–Crippen MR) is 119 cm³/mol. The summed E-state index contributed by atoms with van der Waals surface area (Å²) in [5.74, 6) is -2.63. The fourth-order valence-electron chi connectivity index (χ4n) is 3.07. The fourth-order valence-corrected chi connectivity index (χ4v) is 3.07. The number of aliphatic imine (C=N–C) groups is 1. The van der Waals surface area contributed by atoms with Crippen molar-refractivity contribution in [2.24, 2.45) is 10.7 Å². The molecular formula is C22H22F3N5O5. The van der Waals surface area contributed by atoms with Crippen LogP contribution in [0.25, 0.3) is 0 Å². The minimum absolute atomic E-state index is 0.0898. The highest BCUT2D eigenvalue weighted by Gasteiger charge is 2.32. The van der Waals surface area contributed by atoms with Crippen molar-refractivity contribution in [1.29, 1.82) is 5.41 Å². The average molecular weight is 493 g/mol. The van der Waals surface area contributed by atoms with Gasteiger partial charge in [-0.2, -0.15) is 4.99 Å². The fraction of sp³-hybridized carbons (Fsp3) is 0.273. The summed E-state index contributed by atoms with van der Waals surface area (Å²) < 4.78 is 52.7. The maximum absolute atomic E-state index is 12.8. The molecule has 3 rings (SSSR count). The van der Waals surface area contributed by atoms with Crippen LogP contribution in [-0.2, 0) is 14.3 Å². The van der Waals surface area contributed by atoms with Gasteiger partial charge in [0, 0.05) is 24.2 Å². The molecule has 1 saturated heterocycles. The van der Waals surface area contributed by atoms with E-state index >= 15 is 0 Å². The molecule has 10 nitrogen and oxygen atoms in total. The van der Waals surface area contributed by atoms with Gasteiger partial charge in [-0.15, -0.1) is 13.2 Å². The van der Waals surface area contributed by atoms with Gasteiger partial charge in [-0.05, 0) is 30.3 Å². The first-order valence-corrected chi connectivity index (χ1v) is 10.3. The lowest BCUT2D eigenvalue weighted by Gasteiger charge is -2.26. The van der Waals surface area contributed by atoms with Crippen LogP contribution in [-0.4, -0.2) is 67.8 Å². The molecule has 35 heavy (non-hydrogen) atoms. The first-order chi connectivity index (χ1) is 16.6. The molecule has 1 fully saturated rings. The number of nitrogens with zero attached hydrogens (tertiary/aromatic N) is 2. The Morgan fingerprint density at radius 2 is 1.80 bits per heavy atom. The minimum atomic E-state index is -5.02. The van der Waals surface area contributed by atoms with E-state index in [9.17, 15) is 22.8 Å². The number of hydrogen-bond acceptors (Lipinski definition) is 7. The molecule has 2 amide bonds. The zero-order valence-electron chi connectivity index (χ0n) is 18.3. The Labute approximate surface area is 198 Å². The van der Waals surface area contributed by atoms with Crippen LogP contribution < -0.4 is 15.8 Å². The van der Waals surface area contributed by atoms with Gasteiger partial charge in [0.15, 0.2) is 5.75 Å². The highest BCUT2D eigenvalue weighted by molar-refractivity contribution is 6.06. The molecule has 186 valence electrons. The van der Waals surface area contributed by atoms with E-state index in [0.29, 0.717) is 31.9 Å². The molecule has 0 aromatic heterocycles. The van der Waals surface area contributed by atoms with E-state index in [-0.39, 0.29) is 23.7 Å². The van der Waals surface area contributed by atoms with Crippen LogP contribution in [0.15, 0.2) is 53.5 Å². The Morgan fingerprint density at radius 3 is 2.46 bits per heavy atom. The molecule has 4 N–H and O–H groups in total.